The van der Waals surface area contributed by atoms with Crippen molar-refractivity contribution in [2.75, 3.05) is 20.0 Å². The molecule has 1 heterocycles. The summed E-state index contributed by atoms with van der Waals surface area (Å²) in [6.07, 6.45) is 1.45. The minimum absolute atomic E-state index is 0.128. The Bertz CT molecular complexity index is 617. The van der Waals surface area contributed by atoms with Gasteiger partial charge in [-0.15, -0.1) is 0 Å². The number of rotatable bonds is 4. The molecule has 20 heavy (non-hydrogen) atoms. The normalized spacial score (nSPS) is 11.4. The van der Waals surface area contributed by atoms with E-state index in [-0.39, 0.29) is 5.88 Å². The summed E-state index contributed by atoms with van der Waals surface area (Å²) >= 11 is 0. The van der Waals surface area contributed by atoms with Gasteiger partial charge in [0.15, 0.2) is 11.5 Å². The lowest BCUT2D eigenvalue weighted by atomic mass is 9.91. The van der Waals surface area contributed by atoms with Crippen LogP contribution in [0.15, 0.2) is 22.9 Å². The van der Waals surface area contributed by atoms with Crippen LogP contribution in [0.4, 0.5) is 10.3 Å². The molecule has 0 aliphatic heterocycles. The van der Waals surface area contributed by atoms with Crippen LogP contribution in [0.3, 0.4) is 0 Å². The number of nitrogens with zero attached hydrogens (tertiary/aromatic N) is 1. The van der Waals surface area contributed by atoms with Crippen LogP contribution in [0, 0.1) is 0 Å². The van der Waals surface area contributed by atoms with Crippen molar-refractivity contribution in [3.05, 3.63) is 23.9 Å². The van der Waals surface area contributed by atoms with Crippen molar-refractivity contribution < 1.29 is 18.4 Å². The van der Waals surface area contributed by atoms with Gasteiger partial charge in [-0.1, -0.05) is 5.16 Å². The molecule has 5 nitrogen and oxygen atoms in total. The number of ether oxygens (including phenoxy) is 2. The quantitative estimate of drug-likeness (QED) is 0.931. The molecule has 2 rings (SSSR count). The van der Waals surface area contributed by atoms with Crippen LogP contribution in [0.25, 0.3) is 11.1 Å². The van der Waals surface area contributed by atoms with Crippen molar-refractivity contribution in [3.8, 4) is 22.6 Å². The van der Waals surface area contributed by atoms with E-state index in [4.69, 9.17) is 19.7 Å². The van der Waals surface area contributed by atoms with E-state index in [1.807, 2.05) is 0 Å². The number of nitrogen functional groups attached to an aromatic ring is 1. The van der Waals surface area contributed by atoms with Crippen molar-refractivity contribution >= 4 is 5.88 Å². The van der Waals surface area contributed by atoms with Gasteiger partial charge < -0.3 is 19.7 Å². The summed E-state index contributed by atoms with van der Waals surface area (Å²) < 4.78 is 29.8. The first-order valence-electron chi connectivity index (χ1n) is 6.04. The van der Waals surface area contributed by atoms with Gasteiger partial charge in [-0.3, -0.25) is 0 Å². The van der Waals surface area contributed by atoms with Crippen molar-refractivity contribution in [2.24, 2.45) is 0 Å². The van der Waals surface area contributed by atoms with E-state index in [0.29, 0.717) is 28.2 Å². The molecule has 108 valence electrons. The van der Waals surface area contributed by atoms with Gasteiger partial charge in [-0.2, -0.15) is 0 Å². The Hall–Kier alpha value is -2.24. The van der Waals surface area contributed by atoms with Gasteiger partial charge in [-0.05, 0) is 31.5 Å². The van der Waals surface area contributed by atoms with Crippen molar-refractivity contribution in [1.29, 1.82) is 0 Å². The van der Waals surface area contributed by atoms with E-state index in [2.05, 4.69) is 5.16 Å². The third kappa shape index (κ3) is 2.41. The van der Waals surface area contributed by atoms with Gasteiger partial charge in [0.05, 0.1) is 26.0 Å². The molecule has 2 aromatic rings. The molecular weight excluding hydrogens is 263 g/mol. The number of methoxy groups -OCH3 is 2. The van der Waals surface area contributed by atoms with Crippen LogP contribution in [0.5, 0.6) is 11.5 Å². The van der Waals surface area contributed by atoms with Gasteiger partial charge in [0, 0.05) is 5.56 Å². The van der Waals surface area contributed by atoms with Crippen molar-refractivity contribution in [3.63, 3.8) is 0 Å². The number of aromatic nitrogens is 1. The smallest absolute Gasteiger partial charge is 0.229 e. The fourth-order valence-electron chi connectivity index (χ4n) is 2.04. The second-order valence-electron chi connectivity index (χ2n) is 4.83. The summed E-state index contributed by atoms with van der Waals surface area (Å²) in [6.45, 7) is 2.92. The zero-order valence-corrected chi connectivity index (χ0v) is 11.9. The molecular formula is C14H17FN2O3. The summed E-state index contributed by atoms with van der Waals surface area (Å²) in [5.41, 5.74) is 5.64. The molecule has 0 spiro atoms. The van der Waals surface area contributed by atoms with Crippen LogP contribution in [-0.2, 0) is 5.67 Å². The summed E-state index contributed by atoms with van der Waals surface area (Å²) in [6, 6.07) is 3.26. The van der Waals surface area contributed by atoms with Gasteiger partial charge in [-0.25, -0.2) is 4.39 Å². The van der Waals surface area contributed by atoms with Gasteiger partial charge in [0.1, 0.15) is 5.67 Å². The Balaban J connectivity index is 2.74. The molecule has 0 unspecified atom stereocenters. The van der Waals surface area contributed by atoms with E-state index < -0.39 is 5.67 Å². The molecule has 1 aromatic heterocycles. The molecule has 0 bridgehead atoms. The SMILES string of the molecule is COc1cc(-c2cnoc2N)c(C(C)(C)F)cc1OC. The third-order valence-electron chi connectivity index (χ3n) is 3.05. The molecule has 0 radical (unpaired) electrons. The highest BCUT2D eigenvalue weighted by atomic mass is 19.1. The number of anilines is 1. The number of alkyl halides is 1. The van der Waals surface area contributed by atoms with E-state index in [9.17, 15) is 4.39 Å². The zero-order chi connectivity index (χ0) is 14.9. The van der Waals surface area contributed by atoms with Crippen molar-refractivity contribution in [2.45, 2.75) is 19.5 Å². The minimum atomic E-state index is -1.58. The molecule has 6 heteroatoms. The number of hydrogen-bond acceptors (Lipinski definition) is 5. The molecule has 0 amide bonds. The predicted molar refractivity (Wildman–Crippen MR) is 73.6 cm³/mol. The maximum absolute atomic E-state index is 14.5. The van der Waals surface area contributed by atoms with E-state index in [1.165, 1.54) is 34.3 Å². The average molecular weight is 280 g/mol. The molecule has 0 aliphatic carbocycles. The molecule has 0 aliphatic rings. The van der Waals surface area contributed by atoms with E-state index in [1.54, 1.807) is 12.1 Å². The highest BCUT2D eigenvalue weighted by Crippen LogP contribution is 2.42. The first-order valence-corrected chi connectivity index (χ1v) is 6.04. The molecule has 0 saturated heterocycles. The van der Waals surface area contributed by atoms with Gasteiger partial charge in [0.25, 0.3) is 0 Å². The summed E-state index contributed by atoms with van der Waals surface area (Å²) in [5, 5.41) is 3.62. The zero-order valence-electron chi connectivity index (χ0n) is 11.9. The van der Waals surface area contributed by atoms with Gasteiger partial charge >= 0.3 is 0 Å². The first kappa shape index (κ1) is 14.2. The number of halogens is 1. The van der Waals surface area contributed by atoms with Crippen LogP contribution in [0.2, 0.25) is 0 Å². The Kier molecular flexibility index (Phi) is 3.57. The van der Waals surface area contributed by atoms with Crippen LogP contribution in [0.1, 0.15) is 19.4 Å². The van der Waals surface area contributed by atoms with Gasteiger partial charge in [0.2, 0.25) is 5.88 Å². The standard InChI is InChI=1S/C14H17FN2O3/c1-14(2,15)10-6-12(19-4)11(18-3)5-8(10)9-7-17-20-13(9)16/h5-7H,16H2,1-4H3. The lowest BCUT2D eigenvalue weighted by molar-refractivity contribution is 0.221. The van der Waals surface area contributed by atoms with Crippen LogP contribution >= 0.6 is 0 Å². The van der Waals surface area contributed by atoms with E-state index in [0.717, 1.165) is 0 Å². The summed E-state index contributed by atoms with van der Waals surface area (Å²) in [7, 11) is 3.01. The summed E-state index contributed by atoms with van der Waals surface area (Å²) in [5.74, 6) is 1.06. The maximum Gasteiger partial charge on any atom is 0.229 e. The van der Waals surface area contributed by atoms with E-state index >= 15 is 0 Å². The lowest BCUT2D eigenvalue weighted by Crippen LogP contribution is -2.12. The van der Waals surface area contributed by atoms with Crippen molar-refractivity contribution in [1.82, 2.24) is 5.16 Å². The molecule has 2 N–H and O–H groups in total. The number of hydrogen-bond donors (Lipinski definition) is 1. The Morgan fingerprint density at radius 1 is 1.15 bits per heavy atom. The Morgan fingerprint density at radius 3 is 2.20 bits per heavy atom. The highest BCUT2D eigenvalue weighted by Gasteiger charge is 2.27. The third-order valence-corrected chi connectivity index (χ3v) is 3.05. The van der Waals surface area contributed by atoms with Crippen LogP contribution < -0.4 is 15.2 Å². The first-order chi connectivity index (χ1) is 9.38. The second-order valence-corrected chi connectivity index (χ2v) is 4.83. The number of nitrogens with two attached hydrogens (primary N) is 1. The highest BCUT2D eigenvalue weighted by molar-refractivity contribution is 5.78. The predicted octanol–water partition coefficient (Wildman–Crippen LogP) is 3.15. The minimum Gasteiger partial charge on any atom is -0.493 e. The Morgan fingerprint density at radius 2 is 1.75 bits per heavy atom. The summed E-state index contributed by atoms with van der Waals surface area (Å²) in [4.78, 5) is 0. The second kappa shape index (κ2) is 5.03. The fraction of sp³-hybridized carbons (Fsp3) is 0.357. The average Bonchev–Trinajstić information content (AvgIpc) is 2.82. The van der Waals surface area contributed by atoms with Crippen LogP contribution in [-0.4, -0.2) is 19.4 Å². The number of benzene rings is 1. The lowest BCUT2D eigenvalue weighted by Gasteiger charge is -2.21. The molecule has 1 aromatic carbocycles. The molecule has 0 saturated carbocycles. The monoisotopic (exact) mass is 280 g/mol. The largest absolute Gasteiger partial charge is 0.493 e. The fourth-order valence-corrected chi connectivity index (χ4v) is 2.04. The molecule has 0 atom stereocenters. The Labute approximate surface area is 116 Å². The maximum atomic E-state index is 14.5. The topological polar surface area (TPSA) is 70.5 Å². The molecule has 0 fully saturated rings.